The van der Waals surface area contributed by atoms with Crippen molar-refractivity contribution >= 4 is 34.5 Å². The molecule has 1 aliphatic carbocycles. The average Bonchev–Trinajstić information content (AvgIpc) is 3.42. The molecule has 1 aromatic carbocycles. The number of nitrogens with zero attached hydrogens (tertiary/aromatic N) is 1. The van der Waals surface area contributed by atoms with E-state index in [-0.39, 0.29) is 17.9 Å². The molecule has 1 aliphatic rings. The number of carboxylic acids is 1. The van der Waals surface area contributed by atoms with E-state index >= 15 is 0 Å². The number of fused-ring (bicyclic) bond motifs is 1. The predicted octanol–water partition coefficient (Wildman–Crippen LogP) is 1.92. The van der Waals surface area contributed by atoms with Crippen molar-refractivity contribution in [2.24, 2.45) is 5.92 Å². The lowest BCUT2D eigenvalue weighted by Crippen LogP contribution is -2.41. The molecule has 138 valence electrons. The first-order chi connectivity index (χ1) is 12.5. The van der Waals surface area contributed by atoms with Crippen LogP contribution in [0.1, 0.15) is 31.5 Å². The normalized spacial score (nSPS) is 14.9. The molecule has 0 aliphatic heterocycles. The summed E-state index contributed by atoms with van der Waals surface area (Å²) in [5.41, 5.74) is 0.474. The first-order valence-corrected chi connectivity index (χ1v) is 9.76. The average molecular weight is 375 g/mol. The van der Waals surface area contributed by atoms with Crippen LogP contribution in [0.25, 0.3) is 10.9 Å². The Morgan fingerprint density at radius 2 is 2.12 bits per heavy atom. The van der Waals surface area contributed by atoms with Gasteiger partial charge in [-0.1, -0.05) is 25.0 Å². The van der Waals surface area contributed by atoms with Gasteiger partial charge in [-0.2, -0.15) is 11.8 Å². The number of aromatic amines is 1. The van der Waals surface area contributed by atoms with Crippen molar-refractivity contribution in [1.82, 2.24) is 15.3 Å². The van der Waals surface area contributed by atoms with Crippen LogP contribution in [0.5, 0.6) is 0 Å². The highest BCUT2D eigenvalue weighted by Crippen LogP contribution is 2.33. The van der Waals surface area contributed by atoms with Gasteiger partial charge in [0.25, 0.3) is 5.56 Å². The molecule has 1 amide bonds. The van der Waals surface area contributed by atoms with E-state index in [1.54, 1.807) is 18.2 Å². The summed E-state index contributed by atoms with van der Waals surface area (Å²) in [6.07, 6.45) is 2.84. The number of rotatable bonds is 9. The molecule has 1 atom stereocenters. The number of para-hydroxylation sites is 1. The van der Waals surface area contributed by atoms with Crippen LogP contribution in [-0.4, -0.2) is 38.7 Å². The Labute approximate surface area is 154 Å². The van der Waals surface area contributed by atoms with Crippen molar-refractivity contribution in [2.75, 3.05) is 5.75 Å². The number of carboxylic acid groups (broad SMARTS) is 1. The van der Waals surface area contributed by atoms with Gasteiger partial charge in [0.2, 0.25) is 5.91 Å². The predicted molar refractivity (Wildman–Crippen MR) is 100 cm³/mol. The van der Waals surface area contributed by atoms with Crippen LogP contribution >= 0.6 is 11.8 Å². The van der Waals surface area contributed by atoms with E-state index < -0.39 is 12.0 Å². The van der Waals surface area contributed by atoms with Gasteiger partial charge in [0, 0.05) is 12.2 Å². The number of H-pyrrole nitrogens is 1. The van der Waals surface area contributed by atoms with E-state index in [1.165, 1.54) is 11.8 Å². The molecule has 0 bridgehead atoms. The fraction of sp³-hybridized carbons (Fsp3) is 0.444. The Balaban J connectivity index is 1.45. The summed E-state index contributed by atoms with van der Waals surface area (Å²) in [5.74, 6) is 0.773. The number of hydrogen-bond donors (Lipinski definition) is 3. The number of aliphatic carboxylic acids is 1. The monoisotopic (exact) mass is 375 g/mol. The molecule has 26 heavy (non-hydrogen) atoms. The topological polar surface area (TPSA) is 112 Å². The molecule has 3 rings (SSSR count). The van der Waals surface area contributed by atoms with Crippen LogP contribution in [0.15, 0.2) is 29.1 Å². The largest absolute Gasteiger partial charge is 0.480 e. The molecule has 0 saturated heterocycles. The summed E-state index contributed by atoms with van der Waals surface area (Å²) in [5, 5.41) is 12.3. The minimum atomic E-state index is -0.976. The third-order valence-electron chi connectivity index (χ3n) is 4.27. The molecule has 0 spiro atoms. The van der Waals surface area contributed by atoms with Crippen LogP contribution < -0.4 is 10.9 Å². The molecular formula is C18H21N3O4S. The van der Waals surface area contributed by atoms with Crippen LogP contribution in [-0.2, 0) is 15.3 Å². The molecule has 1 aromatic heterocycles. The Bertz CT molecular complexity index is 863. The van der Waals surface area contributed by atoms with Gasteiger partial charge in [0.1, 0.15) is 11.9 Å². The number of nitrogens with one attached hydrogen (secondary N) is 2. The molecule has 8 heteroatoms. The lowest BCUT2D eigenvalue weighted by atomic mass is 10.1. The molecule has 1 heterocycles. The zero-order valence-electron chi connectivity index (χ0n) is 14.2. The number of hydrogen-bond acceptors (Lipinski definition) is 5. The summed E-state index contributed by atoms with van der Waals surface area (Å²) in [6.45, 7) is 0. The van der Waals surface area contributed by atoms with E-state index in [1.807, 2.05) is 6.07 Å². The van der Waals surface area contributed by atoms with Crippen molar-refractivity contribution in [3.63, 3.8) is 0 Å². The molecule has 1 unspecified atom stereocenters. The van der Waals surface area contributed by atoms with E-state index in [0.29, 0.717) is 40.6 Å². The summed E-state index contributed by atoms with van der Waals surface area (Å²) in [4.78, 5) is 42.3. The van der Waals surface area contributed by atoms with E-state index in [2.05, 4.69) is 15.3 Å². The van der Waals surface area contributed by atoms with Gasteiger partial charge >= 0.3 is 5.97 Å². The van der Waals surface area contributed by atoms with Crippen LogP contribution in [0.4, 0.5) is 0 Å². The zero-order valence-corrected chi connectivity index (χ0v) is 15.1. The summed E-state index contributed by atoms with van der Waals surface area (Å²) in [7, 11) is 0. The second-order valence-electron chi connectivity index (χ2n) is 6.47. The van der Waals surface area contributed by atoms with Gasteiger partial charge in [0.15, 0.2) is 0 Å². The quantitative estimate of drug-likeness (QED) is 0.577. The van der Waals surface area contributed by atoms with Crippen molar-refractivity contribution in [2.45, 2.75) is 37.5 Å². The number of aromatic nitrogens is 2. The number of amides is 1. The third kappa shape index (κ3) is 5.08. The molecule has 7 nitrogen and oxygen atoms in total. The van der Waals surface area contributed by atoms with Gasteiger partial charge in [0.05, 0.1) is 16.7 Å². The number of carbonyl (C=O) groups excluding carboxylic acids is 1. The van der Waals surface area contributed by atoms with Gasteiger partial charge in [-0.15, -0.1) is 0 Å². The second-order valence-corrected chi connectivity index (χ2v) is 7.57. The number of carbonyl (C=O) groups is 2. The molecule has 1 fully saturated rings. The van der Waals surface area contributed by atoms with Crippen molar-refractivity contribution < 1.29 is 14.7 Å². The Hall–Kier alpha value is -2.35. The van der Waals surface area contributed by atoms with E-state index in [9.17, 15) is 14.4 Å². The first kappa shape index (κ1) is 18.4. The smallest absolute Gasteiger partial charge is 0.326 e. The molecule has 1 saturated carbocycles. The fourth-order valence-electron chi connectivity index (χ4n) is 2.71. The Morgan fingerprint density at radius 1 is 1.35 bits per heavy atom. The Kier molecular flexibility index (Phi) is 5.92. The maximum Gasteiger partial charge on any atom is 0.326 e. The fourth-order valence-corrected chi connectivity index (χ4v) is 3.52. The van der Waals surface area contributed by atoms with Crippen LogP contribution in [0, 0.1) is 5.92 Å². The van der Waals surface area contributed by atoms with Crippen LogP contribution in [0.3, 0.4) is 0 Å². The second kappa shape index (κ2) is 8.35. The maximum atomic E-state index is 12.0. The summed E-state index contributed by atoms with van der Waals surface area (Å²) >= 11 is 1.47. The number of benzene rings is 1. The summed E-state index contributed by atoms with van der Waals surface area (Å²) in [6, 6.07) is 6.34. The number of thioether (sulfide) groups is 1. The maximum absolute atomic E-state index is 12.0. The lowest BCUT2D eigenvalue weighted by molar-refractivity contribution is -0.142. The Morgan fingerprint density at radius 3 is 2.85 bits per heavy atom. The zero-order chi connectivity index (χ0) is 18.5. The van der Waals surface area contributed by atoms with Gasteiger partial charge in [-0.3, -0.25) is 9.59 Å². The molecule has 2 aromatic rings. The SMILES string of the molecule is O=C(CCSCc1nc2ccccc2c(=O)[nH]1)NC(CC1CC1)C(=O)O. The highest BCUT2D eigenvalue weighted by Gasteiger charge is 2.29. The van der Waals surface area contributed by atoms with Crippen molar-refractivity contribution in [3.8, 4) is 0 Å². The van der Waals surface area contributed by atoms with E-state index in [0.717, 1.165) is 12.8 Å². The highest BCUT2D eigenvalue weighted by atomic mass is 32.2. The summed E-state index contributed by atoms with van der Waals surface area (Å²) < 4.78 is 0. The minimum absolute atomic E-state index is 0.173. The van der Waals surface area contributed by atoms with Gasteiger partial charge in [-0.25, -0.2) is 9.78 Å². The first-order valence-electron chi connectivity index (χ1n) is 8.61. The standard InChI is InChI=1S/C18H21N3O4S/c22-16(20-14(18(24)25)9-11-5-6-11)7-8-26-10-15-19-13-4-2-1-3-12(13)17(23)21-15/h1-4,11,14H,5-10H2,(H,20,22)(H,24,25)(H,19,21,23). The van der Waals surface area contributed by atoms with Crippen LogP contribution in [0.2, 0.25) is 0 Å². The van der Waals surface area contributed by atoms with Crippen molar-refractivity contribution in [1.29, 1.82) is 0 Å². The molecule has 0 radical (unpaired) electrons. The third-order valence-corrected chi connectivity index (χ3v) is 5.24. The molecule has 3 N–H and O–H groups in total. The van der Waals surface area contributed by atoms with Gasteiger partial charge < -0.3 is 15.4 Å². The minimum Gasteiger partial charge on any atom is -0.480 e. The highest BCUT2D eigenvalue weighted by molar-refractivity contribution is 7.98. The van der Waals surface area contributed by atoms with E-state index in [4.69, 9.17) is 5.11 Å². The molecular weight excluding hydrogens is 354 g/mol. The van der Waals surface area contributed by atoms with Crippen molar-refractivity contribution in [3.05, 3.63) is 40.4 Å². The van der Waals surface area contributed by atoms with Gasteiger partial charge in [-0.05, 0) is 24.5 Å². The lowest BCUT2D eigenvalue weighted by Gasteiger charge is -2.13.